The number of imidazole rings is 3. The van der Waals surface area contributed by atoms with Crippen LogP contribution >= 0.6 is 0 Å². The van der Waals surface area contributed by atoms with Crippen LogP contribution in [0.4, 0.5) is 17.1 Å². The molecule has 3 aliphatic heterocycles. The van der Waals surface area contributed by atoms with Gasteiger partial charge >= 0.3 is 0 Å². The molecule has 0 saturated carbocycles. The molecule has 26 heteroatoms. The number of anilines is 3. The monoisotopic (exact) mass is 1570 g/mol. The molecular formula is C91H101N21O5. The molecule has 3 saturated heterocycles. The Labute approximate surface area is 684 Å². The van der Waals surface area contributed by atoms with Gasteiger partial charge in [-0.05, 0) is 211 Å². The predicted octanol–water partition coefficient (Wildman–Crippen LogP) is 11.3. The van der Waals surface area contributed by atoms with Crippen molar-refractivity contribution < 1.29 is 23.9 Å². The molecule has 3 aliphatic rings. The van der Waals surface area contributed by atoms with E-state index in [0.717, 1.165) is 151 Å². The summed E-state index contributed by atoms with van der Waals surface area (Å²) in [5, 5.41) is 22.6. The Kier molecular flexibility index (Phi) is 27.6. The van der Waals surface area contributed by atoms with Crippen molar-refractivity contribution in [2.45, 2.75) is 94.0 Å². The highest BCUT2D eigenvalue weighted by atomic mass is 16.5. The average molecular weight is 1570 g/mol. The maximum atomic E-state index is 13.0. The molecule has 26 nitrogen and oxygen atoms in total. The molecule has 600 valence electrons. The third-order valence-corrected chi connectivity index (χ3v) is 20.5. The minimum absolute atomic E-state index is 0.0110. The van der Waals surface area contributed by atoms with Gasteiger partial charge < -0.3 is 40.1 Å². The lowest BCUT2D eigenvalue weighted by Gasteiger charge is -2.32. The topological polar surface area (TPSA) is 254 Å². The van der Waals surface area contributed by atoms with E-state index in [-0.39, 0.29) is 23.8 Å². The molecule has 0 spiro atoms. The van der Waals surface area contributed by atoms with Gasteiger partial charge in [-0.3, -0.25) is 44.0 Å². The fraction of sp³-hybridized carbons (Fsp3) is 0.341. The Balaban J connectivity index is 0.000000152. The molecule has 3 N–H and O–H groups in total. The number of fused-ring (bicyclic) bond motifs is 3. The second kappa shape index (κ2) is 39.2. The number of hydrogen-bond acceptors (Lipinski definition) is 20. The predicted molar refractivity (Wildman–Crippen MR) is 455 cm³/mol. The van der Waals surface area contributed by atoms with Crippen LogP contribution in [-0.2, 0) is 26.1 Å². The number of ether oxygens (including phenoxy) is 2. The van der Waals surface area contributed by atoms with Crippen LogP contribution < -0.4 is 25.4 Å². The van der Waals surface area contributed by atoms with Crippen LogP contribution in [0.1, 0.15) is 145 Å². The lowest BCUT2D eigenvalue weighted by atomic mass is 10.1. The maximum Gasteiger partial charge on any atom is 0.257 e. The molecule has 9 aromatic heterocycles. The van der Waals surface area contributed by atoms with Crippen molar-refractivity contribution in [3.63, 3.8) is 0 Å². The number of aryl methyl sites for hydroxylation is 4. The lowest BCUT2D eigenvalue weighted by Crippen LogP contribution is -2.43. The second-order valence-electron chi connectivity index (χ2n) is 30.6. The number of amides is 3. The van der Waals surface area contributed by atoms with E-state index in [2.05, 4.69) is 195 Å². The molecular weight excluding hydrogens is 1470 g/mol. The van der Waals surface area contributed by atoms with E-state index < -0.39 is 0 Å². The van der Waals surface area contributed by atoms with Crippen molar-refractivity contribution in [3.8, 4) is 47.3 Å². The zero-order valence-electron chi connectivity index (χ0n) is 68.6. The number of pyridine rings is 3. The molecule has 15 rings (SSSR count). The highest BCUT2D eigenvalue weighted by molar-refractivity contribution is 6.05. The van der Waals surface area contributed by atoms with Gasteiger partial charge in [-0.1, -0.05) is 49.8 Å². The standard InChI is InChI=1S/C32H37N7O.C30H33N7O2.C29H31N7O2/c1-23(2)5-8-28-10-12-31-34-21-30(39(31)36-28)11-6-25-18-27(20-33-19-25)32(40)35-29-9-7-26(24(3)17-29)22-38-15-13-37(4)14-16-38;1-21(2)39-29-10-9-28-32-19-27(37(28)34-29)8-5-23-16-25(18-31-17-23)30(38)33-26-7-6-24(22(3)15-26)20-36-13-11-35(4)12-14-36;1-4-38-28-10-9-27-31-19-26(36(27)33-28)8-5-22-16-24(18-30-17-22)29(37)32-25-7-6-23(21(2)15-25)20-35-13-11-34(3)12-14-35/h7,9-10,12,17-21,23H,5,8,13-16,22H2,1-4H3,(H,35,40);6-7,9-10,15-19,21H,11-14,20H2,1-4H3,(H,33,38);6-7,9-10,15-19H,4,11-14,20H2,1-3H3,(H,32,37). The molecule has 0 bridgehead atoms. The Morgan fingerprint density at radius 2 is 0.761 bits per heavy atom. The van der Waals surface area contributed by atoms with Crippen molar-refractivity contribution >= 4 is 51.7 Å². The van der Waals surface area contributed by atoms with Crippen LogP contribution in [0.25, 0.3) is 16.9 Å². The number of nitrogens with one attached hydrogen (secondary N) is 3. The van der Waals surface area contributed by atoms with Crippen LogP contribution in [0.2, 0.25) is 0 Å². The van der Waals surface area contributed by atoms with Gasteiger partial charge in [0.25, 0.3) is 17.7 Å². The van der Waals surface area contributed by atoms with Crippen molar-refractivity contribution in [2.75, 3.05) is 122 Å². The number of likely N-dealkylation sites (N-methyl/N-ethyl adjacent to an activating group) is 3. The fourth-order valence-electron chi connectivity index (χ4n) is 13.5. The summed E-state index contributed by atoms with van der Waals surface area (Å²) >= 11 is 0. The summed E-state index contributed by atoms with van der Waals surface area (Å²) in [4.78, 5) is 79.3. The van der Waals surface area contributed by atoms with E-state index in [9.17, 15) is 14.4 Å². The zero-order chi connectivity index (χ0) is 81.9. The third kappa shape index (κ3) is 22.9. The van der Waals surface area contributed by atoms with Gasteiger partial charge in [-0.15, -0.1) is 10.2 Å². The van der Waals surface area contributed by atoms with Crippen LogP contribution in [-0.4, -0.2) is 218 Å². The molecule has 117 heavy (non-hydrogen) atoms. The summed E-state index contributed by atoms with van der Waals surface area (Å²) in [5.74, 6) is 19.5. The molecule has 3 amide bonds. The quantitative estimate of drug-likeness (QED) is 0.0636. The second-order valence-corrected chi connectivity index (χ2v) is 30.6. The van der Waals surface area contributed by atoms with E-state index in [1.54, 1.807) is 99.6 Å². The van der Waals surface area contributed by atoms with Gasteiger partial charge in [0.1, 0.15) is 17.1 Å². The zero-order valence-corrected chi connectivity index (χ0v) is 68.6. The third-order valence-electron chi connectivity index (χ3n) is 20.5. The molecule has 12 aromatic rings. The number of carbonyl (C=O) groups excluding carboxylic acids is 3. The number of nitrogens with zero attached hydrogens (tertiary/aromatic N) is 18. The lowest BCUT2D eigenvalue weighted by molar-refractivity contribution is 0.101. The minimum atomic E-state index is -0.232. The Morgan fingerprint density at radius 3 is 1.11 bits per heavy atom. The van der Waals surface area contributed by atoms with Crippen LogP contribution in [0.3, 0.4) is 0 Å². The van der Waals surface area contributed by atoms with Gasteiger partial charge in [-0.25, -0.2) is 28.5 Å². The summed E-state index contributed by atoms with van der Waals surface area (Å²) in [6.45, 7) is 32.8. The molecule has 3 aromatic carbocycles. The van der Waals surface area contributed by atoms with Gasteiger partial charge in [-0.2, -0.15) is 5.10 Å². The molecule has 3 fully saturated rings. The SMILES string of the molecule is CCOc1ccc2ncc(C#Cc3cncc(C(=O)Nc4ccc(CN5CCN(C)CC5)c(C)c4)c3)n2n1.Cc1cc(NC(=O)c2cncc(C#Cc3cnc4ccc(CCC(C)C)nn34)c2)ccc1CN1CCN(C)CC1.Cc1cc(NC(=O)c2cncc(C#Cc3cnc4ccc(OC(C)C)nn34)c2)ccc1CN1CCN(C)CC1. The first kappa shape index (κ1) is 82.4. The molecule has 0 atom stereocenters. The van der Waals surface area contributed by atoms with Crippen LogP contribution in [0, 0.1) is 62.2 Å². The smallest absolute Gasteiger partial charge is 0.257 e. The number of aromatic nitrogens is 12. The number of carbonyl (C=O) groups is 3. The molecule has 0 radical (unpaired) electrons. The number of piperazine rings is 3. The Morgan fingerprint density at radius 1 is 0.410 bits per heavy atom. The van der Waals surface area contributed by atoms with E-state index in [0.29, 0.717) is 86.0 Å². The van der Waals surface area contributed by atoms with E-state index >= 15 is 0 Å². The molecule has 0 unspecified atom stereocenters. The summed E-state index contributed by atoms with van der Waals surface area (Å²) in [5.41, 5.74) is 17.9. The van der Waals surface area contributed by atoms with Crippen LogP contribution in [0.5, 0.6) is 11.8 Å². The Hall–Kier alpha value is -12.6. The first-order valence-electron chi connectivity index (χ1n) is 39.9. The number of benzene rings is 3. The van der Waals surface area contributed by atoms with Crippen LogP contribution in [0.15, 0.2) is 165 Å². The first-order valence-corrected chi connectivity index (χ1v) is 39.9. The first-order chi connectivity index (χ1) is 56.6. The normalized spacial score (nSPS) is 14.3. The fourth-order valence-corrected chi connectivity index (χ4v) is 13.5. The maximum absolute atomic E-state index is 13.0. The number of rotatable bonds is 19. The number of hydrogen-bond donors (Lipinski definition) is 3. The largest absolute Gasteiger partial charge is 0.477 e. The minimum Gasteiger partial charge on any atom is -0.477 e. The highest BCUT2D eigenvalue weighted by Gasteiger charge is 2.21. The summed E-state index contributed by atoms with van der Waals surface area (Å²) in [7, 11) is 6.49. The summed E-state index contributed by atoms with van der Waals surface area (Å²) in [6.07, 6.45) is 16.6. The van der Waals surface area contributed by atoms with E-state index in [1.165, 1.54) is 22.3 Å². The average Bonchev–Trinajstić information content (AvgIpc) is 1.71. The van der Waals surface area contributed by atoms with Crippen molar-refractivity contribution in [3.05, 3.63) is 255 Å². The molecule has 0 aliphatic carbocycles. The summed E-state index contributed by atoms with van der Waals surface area (Å²) in [6, 6.07) is 34.7. The van der Waals surface area contributed by atoms with Crippen molar-refractivity contribution in [1.82, 2.24) is 88.1 Å². The van der Waals surface area contributed by atoms with E-state index in [4.69, 9.17) is 14.6 Å². The van der Waals surface area contributed by atoms with Gasteiger partial charge in [0.2, 0.25) is 11.8 Å². The van der Waals surface area contributed by atoms with Gasteiger partial charge in [0.15, 0.2) is 16.9 Å². The summed E-state index contributed by atoms with van der Waals surface area (Å²) < 4.78 is 16.2. The molecule has 12 heterocycles. The van der Waals surface area contributed by atoms with Gasteiger partial charge in [0.05, 0.1) is 53.7 Å². The van der Waals surface area contributed by atoms with Crippen molar-refractivity contribution in [2.24, 2.45) is 5.92 Å². The van der Waals surface area contributed by atoms with E-state index in [1.807, 2.05) is 81.4 Å². The van der Waals surface area contributed by atoms with Crippen molar-refractivity contribution in [1.29, 1.82) is 0 Å². The highest BCUT2D eigenvalue weighted by Crippen LogP contribution is 2.24. The van der Waals surface area contributed by atoms with Gasteiger partial charge in [0, 0.05) is 181 Å². The Bertz CT molecular complexity index is 5710.